The van der Waals surface area contributed by atoms with Crippen molar-refractivity contribution in [1.29, 1.82) is 0 Å². The van der Waals surface area contributed by atoms with Crippen LogP contribution in [0, 0.1) is 0 Å². The zero-order chi connectivity index (χ0) is 19.3. The van der Waals surface area contributed by atoms with Gasteiger partial charge in [0.15, 0.2) is 0 Å². The van der Waals surface area contributed by atoms with Gasteiger partial charge >= 0.3 is 6.18 Å². The molecule has 1 spiro atoms. The predicted molar refractivity (Wildman–Crippen MR) is 97.0 cm³/mol. The van der Waals surface area contributed by atoms with Crippen LogP contribution in [0.5, 0.6) is 0 Å². The molecule has 0 amide bonds. The van der Waals surface area contributed by atoms with Crippen LogP contribution in [0.1, 0.15) is 36.8 Å². The molecule has 27 heavy (non-hydrogen) atoms. The molecule has 1 aromatic carbocycles. The van der Waals surface area contributed by atoms with Crippen LogP contribution in [-0.4, -0.2) is 61.0 Å². The van der Waals surface area contributed by atoms with Crippen molar-refractivity contribution in [3.63, 3.8) is 0 Å². The second-order valence-electron chi connectivity index (χ2n) is 8.41. The molecule has 150 valence electrons. The number of alkyl halides is 3. The van der Waals surface area contributed by atoms with Gasteiger partial charge in [0.05, 0.1) is 11.2 Å². The van der Waals surface area contributed by atoms with Gasteiger partial charge in [0, 0.05) is 64.0 Å². The van der Waals surface area contributed by atoms with E-state index < -0.39 is 17.3 Å². The summed E-state index contributed by atoms with van der Waals surface area (Å²) in [6.45, 7) is 3.57. The molecule has 2 saturated heterocycles. The molecule has 3 heterocycles. The maximum Gasteiger partial charge on any atom is 0.416 e. The Bertz CT molecular complexity index is 693. The van der Waals surface area contributed by atoms with Crippen molar-refractivity contribution in [1.82, 2.24) is 4.90 Å². The van der Waals surface area contributed by atoms with Crippen LogP contribution in [0.15, 0.2) is 18.2 Å². The highest BCUT2D eigenvalue weighted by molar-refractivity contribution is 5.63. The normalized spacial score (nSPS) is 25.0. The molecule has 3 aliphatic heterocycles. The molecular weight excluding hydrogens is 357 g/mol. The number of hydrogen-bond donors (Lipinski definition) is 1. The van der Waals surface area contributed by atoms with Gasteiger partial charge in [-0.25, -0.2) is 0 Å². The first kappa shape index (κ1) is 19.0. The molecule has 3 aliphatic rings. The standard InChI is InChI=1S/C20H27F3N2O2/c1-24-17-12-16(20(21,22)23)3-2-15(17)13-18(24)4-8-25(9-5-18)14-19(26)6-10-27-11-7-19/h2-3,12,26H,4-11,13-14H2,1H3. The SMILES string of the molecule is CN1c2cc(C(F)(F)F)ccc2CC12CCN(CC1(O)CCOCC1)CC2. The van der Waals surface area contributed by atoms with Crippen molar-refractivity contribution in [3.8, 4) is 0 Å². The van der Waals surface area contributed by atoms with Crippen molar-refractivity contribution in [2.75, 3.05) is 44.8 Å². The van der Waals surface area contributed by atoms with Crippen LogP contribution >= 0.6 is 0 Å². The zero-order valence-electron chi connectivity index (χ0n) is 15.7. The summed E-state index contributed by atoms with van der Waals surface area (Å²) >= 11 is 0. The first-order valence-corrected chi connectivity index (χ1v) is 9.67. The minimum absolute atomic E-state index is 0.110. The van der Waals surface area contributed by atoms with Gasteiger partial charge < -0.3 is 19.6 Å². The van der Waals surface area contributed by atoms with Crippen molar-refractivity contribution in [3.05, 3.63) is 29.3 Å². The second-order valence-corrected chi connectivity index (χ2v) is 8.41. The number of halogens is 3. The third-order valence-electron chi connectivity index (χ3n) is 6.73. The van der Waals surface area contributed by atoms with Crippen LogP contribution in [0.25, 0.3) is 0 Å². The Hall–Kier alpha value is -1.31. The van der Waals surface area contributed by atoms with Crippen LogP contribution in [-0.2, 0) is 17.3 Å². The van der Waals surface area contributed by atoms with Crippen LogP contribution in [0.4, 0.5) is 18.9 Å². The Labute approximate surface area is 157 Å². The minimum atomic E-state index is -4.31. The Morgan fingerprint density at radius 3 is 2.41 bits per heavy atom. The largest absolute Gasteiger partial charge is 0.416 e. The summed E-state index contributed by atoms with van der Waals surface area (Å²) in [5, 5.41) is 10.7. The maximum atomic E-state index is 13.1. The maximum absolute atomic E-state index is 13.1. The van der Waals surface area contributed by atoms with Gasteiger partial charge in [0.25, 0.3) is 0 Å². The van der Waals surface area contributed by atoms with E-state index >= 15 is 0 Å². The number of anilines is 1. The van der Waals surface area contributed by atoms with E-state index in [2.05, 4.69) is 9.80 Å². The number of rotatable bonds is 2. The quantitative estimate of drug-likeness (QED) is 0.850. The summed E-state index contributed by atoms with van der Waals surface area (Å²) in [5.74, 6) is 0. The van der Waals surface area contributed by atoms with Crippen LogP contribution < -0.4 is 4.90 Å². The molecule has 7 heteroatoms. The van der Waals surface area contributed by atoms with Gasteiger partial charge in [0.1, 0.15) is 0 Å². The zero-order valence-corrected chi connectivity index (χ0v) is 15.7. The number of aliphatic hydroxyl groups is 1. The Balaban J connectivity index is 1.44. The van der Waals surface area contributed by atoms with Crippen LogP contribution in [0.2, 0.25) is 0 Å². The lowest BCUT2D eigenvalue weighted by Crippen LogP contribution is -2.56. The Morgan fingerprint density at radius 1 is 1.11 bits per heavy atom. The average molecular weight is 384 g/mol. The number of piperidine rings is 1. The molecule has 4 nitrogen and oxygen atoms in total. The third-order valence-corrected chi connectivity index (χ3v) is 6.73. The van der Waals surface area contributed by atoms with E-state index in [1.807, 2.05) is 7.05 Å². The summed E-state index contributed by atoms with van der Waals surface area (Å²) in [5.41, 5.74) is 0.351. The lowest BCUT2D eigenvalue weighted by atomic mass is 9.83. The Kier molecular flexibility index (Phi) is 4.68. The van der Waals surface area contributed by atoms with E-state index in [1.54, 1.807) is 6.07 Å². The lowest BCUT2D eigenvalue weighted by Gasteiger charge is -2.46. The molecule has 1 aromatic rings. The summed E-state index contributed by atoms with van der Waals surface area (Å²) in [6, 6.07) is 4.13. The molecule has 2 fully saturated rings. The molecule has 0 unspecified atom stereocenters. The van der Waals surface area contributed by atoms with Gasteiger partial charge in [-0.2, -0.15) is 13.2 Å². The number of β-amino-alcohol motifs (C(OH)–C–C–N with tert-alkyl or cyclic N) is 1. The van der Waals surface area contributed by atoms with E-state index in [9.17, 15) is 18.3 Å². The average Bonchev–Trinajstić information content (AvgIpc) is 2.88. The van der Waals surface area contributed by atoms with Gasteiger partial charge in [-0.05, 0) is 37.0 Å². The monoisotopic (exact) mass is 384 g/mol. The topological polar surface area (TPSA) is 35.9 Å². The number of nitrogens with zero attached hydrogens (tertiary/aromatic N) is 2. The van der Waals surface area contributed by atoms with E-state index in [0.717, 1.165) is 37.9 Å². The van der Waals surface area contributed by atoms with E-state index in [4.69, 9.17) is 4.74 Å². The number of hydrogen-bond acceptors (Lipinski definition) is 4. The summed E-state index contributed by atoms with van der Waals surface area (Å²) < 4.78 is 44.6. The molecule has 0 radical (unpaired) electrons. The summed E-state index contributed by atoms with van der Waals surface area (Å²) in [7, 11) is 1.92. The highest BCUT2D eigenvalue weighted by Gasteiger charge is 2.45. The molecule has 0 bridgehead atoms. The number of benzene rings is 1. The van der Waals surface area contributed by atoms with Gasteiger partial charge in [-0.15, -0.1) is 0 Å². The fourth-order valence-electron chi connectivity index (χ4n) is 4.90. The lowest BCUT2D eigenvalue weighted by molar-refractivity contribution is -0.137. The number of likely N-dealkylation sites (N-methyl/N-ethyl adjacent to an activating group) is 1. The van der Waals surface area contributed by atoms with Crippen molar-refractivity contribution >= 4 is 5.69 Å². The highest BCUT2D eigenvalue weighted by Crippen LogP contribution is 2.45. The fraction of sp³-hybridized carbons (Fsp3) is 0.700. The van der Waals surface area contributed by atoms with Crippen molar-refractivity contribution < 1.29 is 23.0 Å². The predicted octanol–water partition coefficient (Wildman–Crippen LogP) is 3.07. The first-order valence-electron chi connectivity index (χ1n) is 9.67. The fourth-order valence-corrected chi connectivity index (χ4v) is 4.90. The van der Waals surface area contributed by atoms with Gasteiger partial charge in [0.2, 0.25) is 0 Å². The molecule has 0 atom stereocenters. The molecule has 0 aromatic heterocycles. The second kappa shape index (κ2) is 6.64. The smallest absolute Gasteiger partial charge is 0.388 e. The molecular formula is C20H27F3N2O2. The van der Waals surface area contributed by atoms with Crippen molar-refractivity contribution in [2.45, 2.75) is 49.4 Å². The minimum Gasteiger partial charge on any atom is -0.388 e. The van der Waals surface area contributed by atoms with Crippen molar-refractivity contribution in [2.24, 2.45) is 0 Å². The molecule has 0 saturated carbocycles. The van der Waals surface area contributed by atoms with Gasteiger partial charge in [-0.3, -0.25) is 0 Å². The number of fused-ring (bicyclic) bond motifs is 1. The van der Waals surface area contributed by atoms with Gasteiger partial charge in [-0.1, -0.05) is 6.07 Å². The number of likely N-dealkylation sites (tertiary alicyclic amines) is 1. The number of ether oxygens (including phenoxy) is 1. The molecule has 1 N–H and O–H groups in total. The third kappa shape index (κ3) is 3.57. The Morgan fingerprint density at radius 2 is 1.78 bits per heavy atom. The highest BCUT2D eigenvalue weighted by atomic mass is 19.4. The summed E-state index contributed by atoms with van der Waals surface area (Å²) in [6.07, 6.45) is -0.393. The van der Waals surface area contributed by atoms with E-state index in [0.29, 0.717) is 38.3 Å². The summed E-state index contributed by atoms with van der Waals surface area (Å²) in [4.78, 5) is 4.37. The first-order chi connectivity index (χ1) is 12.7. The van der Waals surface area contributed by atoms with E-state index in [1.165, 1.54) is 12.1 Å². The van der Waals surface area contributed by atoms with E-state index in [-0.39, 0.29) is 5.54 Å². The van der Waals surface area contributed by atoms with Crippen LogP contribution in [0.3, 0.4) is 0 Å². The molecule has 4 rings (SSSR count). The molecule has 0 aliphatic carbocycles.